The molecular weight excluding hydrogens is 374 g/mol. The predicted octanol–water partition coefficient (Wildman–Crippen LogP) is 3.65. The number of piperazine rings is 1. The van der Waals surface area contributed by atoms with E-state index in [2.05, 4.69) is 20.1 Å². The number of amides is 1. The summed E-state index contributed by atoms with van der Waals surface area (Å²) in [6, 6.07) is 21.7. The molecule has 6 heteroatoms. The summed E-state index contributed by atoms with van der Waals surface area (Å²) < 4.78 is 0. The zero-order valence-corrected chi connectivity index (χ0v) is 16.5. The van der Waals surface area contributed by atoms with Crippen molar-refractivity contribution >= 4 is 22.5 Å². The SMILES string of the molecule is O=C(c1cccc2ccccc12)N1CCN(c2ccc(-c3cccnc3)nn2)CC1. The van der Waals surface area contributed by atoms with E-state index in [0.717, 1.165) is 46.5 Å². The number of pyridine rings is 1. The molecule has 0 atom stereocenters. The molecule has 0 radical (unpaired) electrons. The van der Waals surface area contributed by atoms with E-state index in [9.17, 15) is 4.79 Å². The molecule has 2 aromatic carbocycles. The van der Waals surface area contributed by atoms with E-state index < -0.39 is 0 Å². The van der Waals surface area contributed by atoms with Crippen LogP contribution in [-0.2, 0) is 0 Å². The van der Waals surface area contributed by atoms with Crippen LogP contribution in [0, 0.1) is 0 Å². The number of aromatic nitrogens is 3. The molecule has 148 valence electrons. The van der Waals surface area contributed by atoms with Gasteiger partial charge in [-0.15, -0.1) is 10.2 Å². The third-order valence-corrected chi connectivity index (χ3v) is 5.52. The van der Waals surface area contributed by atoms with E-state index in [1.54, 1.807) is 12.4 Å². The highest BCUT2D eigenvalue weighted by Gasteiger charge is 2.24. The van der Waals surface area contributed by atoms with Crippen LogP contribution in [0.2, 0.25) is 0 Å². The average molecular weight is 395 g/mol. The van der Waals surface area contributed by atoms with E-state index in [4.69, 9.17) is 0 Å². The van der Waals surface area contributed by atoms with Crippen molar-refractivity contribution in [2.75, 3.05) is 31.1 Å². The van der Waals surface area contributed by atoms with Crippen molar-refractivity contribution < 1.29 is 4.79 Å². The monoisotopic (exact) mass is 395 g/mol. The van der Waals surface area contributed by atoms with Gasteiger partial charge in [0.2, 0.25) is 0 Å². The second-order valence-corrected chi connectivity index (χ2v) is 7.32. The Morgan fingerprint density at radius 3 is 2.40 bits per heavy atom. The fraction of sp³-hybridized carbons (Fsp3) is 0.167. The van der Waals surface area contributed by atoms with Gasteiger partial charge in [-0.2, -0.15) is 0 Å². The Kier molecular flexibility index (Phi) is 4.81. The number of hydrogen-bond acceptors (Lipinski definition) is 5. The minimum absolute atomic E-state index is 0.0875. The van der Waals surface area contributed by atoms with Gasteiger partial charge in [-0.1, -0.05) is 36.4 Å². The summed E-state index contributed by atoms with van der Waals surface area (Å²) in [4.78, 5) is 21.4. The van der Waals surface area contributed by atoms with E-state index in [0.29, 0.717) is 13.1 Å². The lowest BCUT2D eigenvalue weighted by Crippen LogP contribution is -2.49. The maximum atomic E-state index is 13.1. The molecule has 4 aromatic rings. The Balaban J connectivity index is 1.28. The van der Waals surface area contributed by atoms with E-state index in [1.807, 2.05) is 71.6 Å². The van der Waals surface area contributed by atoms with E-state index in [-0.39, 0.29) is 5.91 Å². The summed E-state index contributed by atoms with van der Waals surface area (Å²) in [5.41, 5.74) is 2.51. The molecule has 1 aliphatic rings. The molecule has 6 nitrogen and oxygen atoms in total. The highest BCUT2D eigenvalue weighted by molar-refractivity contribution is 6.07. The molecule has 0 spiro atoms. The van der Waals surface area contributed by atoms with Crippen LogP contribution in [0.15, 0.2) is 79.1 Å². The summed E-state index contributed by atoms with van der Waals surface area (Å²) in [5.74, 6) is 0.921. The Morgan fingerprint density at radius 2 is 1.63 bits per heavy atom. The van der Waals surface area contributed by atoms with Gasteiger partial charge in [0, 0.05) is 49.7 Å². The van der Waals surface area contributed by atoms with Crippen LogP contribution in [0.1, 0.15) is 10.4 Å². The van der Waals surface area contributed by atoms with Crippen molar-refractivity contribution in [3.05, 3.63) is 84.7 Å². The van der Waals surface area contributed by atoms with Crippen molar-refractivity contribution in [2.24, 2.45) is 0 Å². The van der Waals surface area contributed by atoms with Crippen LogP contribution in [-0.4, -0.2) is 52.2 Å². The normalized spacial score (nSPS) is 14.1. The maximum absolute atomic E-state index is 13.1. The van der Waals surface area contributed by atoms with E-state index in [1.165, 1.54) is 0 Å². The summed E-state index contributed by atoms with van der Waals surface area (Å²) in [5, 5.41) is 10.8. The van der Waals surface area contributed by atoms with Gasteiger partial charge in [0.15, 0.2) is 5.82 Å². The quantitative estimate of drug-likeness (QED) is 0.530. The van der Waals surface area contributed by atoms with Crippen molar-refractivity contribution in [3.63, 3.8) is 0 Å². The first-order valence-electron chi connectivity index (χ1n) is 10.1. The van der Waals surface area contributed by atoms with Crippen molar-refractivity contribution in [2.45, 2.75) is 0 Å². The summed E-state index contributed by atoms with van der Waals surface area (Å²) in [6.07, 6.45) is 3.52. The largest absolute Gasteiger partial charge is 0.352 e. The fourth-order valence-corrected chi connectivity index (χ4v) is 3.88. The zero-order valence-electron chi connectivity index (χ0n) is 16.5. The Morgan fingerprint density at radius 1 is 0.800 bits per heavy atom. The van der Waals surface area contributed by atoms with Crippen molar-refractivity contribution in [1.82, 2.24) is 20.1 Å². The zero-order chi connectivity index (χ0) is 20.3. The van der Waals surface area contributed by atoms with Gasteiger partial charge in [-0.05, 0) is 41.1 Å². The second kappa shape index (κ2) is 7.91. The highest BCUT2D eigenvalue weighted by atomic mass is 16.2. The first kappa shape index (κ1) is 18.2. The van der Waals surface area contributed by atoms with Gasteiger partial charge in [0.1, 0.15) is 0 Å². The van der Waals surface area contributed by atoms with Crippen LogP contribution in [0.5, 0.6) is 0 Å². The van der Waals surface area contributed by atoms with Crippen LogP contribution >= 0.6 is 0 Å². The lowest BCUT2D eigenvalue weighted by atomic mass is 10.0. The first-order chi connectivity index (χ1) is 14.8. The Bertz CT molecular complexity index is 1160. The molecule has 0 bridgehead atoms. The standard InChI is InChI=1S/C24H21N5O/c30-24(21-9-3-6-18-5-1-2-8-20(18)21)29-15-13-28(14-16-29)23-11-10-22(26-27-23)19-7-4-12-25-17-19/h1-12,17H,13-16H2. The van der Waals surface area contributed by atoms with Gasteiger partial charge in [-0.3, -0.25) is 9.78 Å². The molecule has 5 rings (SSSR count). The third kappa shape index (κ3) is 3.48. The van der Waals surface area contributed by atoms with Gasteiger partial charge in [-0.25, -0.2) is 0 Å². The molecule has 0 unspecified atom stereocenters. The van der Waals surface area contributed by atoms with Gasteiger partial charge < -0.3 is 9.80 Å². The highest BCUT2D eigenvalue weighted by Crippen LogP contribution is 2.22. The summed E-state index contributed by atoms with van der Waals surface area (Å²) >= 11 is 0. The molecule has 30 heavy (non-hydrogen) atoms. The van der Waals surface area contributed by atoms with Gasteiger partial charge in [0.05, 0.1) is 5.69 Å². The molecule has 0 N–H and O–H groups in total. The predicted molar refractivity (Wildman–Crippen MR) is 117 cm³/mol. The van der Waals surface area contributed by atoms with Crippen LogP contribution in [0.25, 0.3) is 22.0 Å². The number of fused-ring (bicyclic) bond motifs is 1. The number of benzene rings is 2. The number of anilines is 1. The number of hydrogen-bond donors (Lipinski definition) is 0. The van der Waals surface area contributed by atoms with Crippen LogP contribution in [0.4, 0.5) is 5.82 Å². The topological polar surface area (TPSA) is 62.2 Å². The molecule has 1 aliphatic heterocycles. The molecule has 1 fully saturated rings. The van der Waals surface area contributed by atoms with E-state index >= 15 is 0 Å². The second-order valence-electron chi connectivity index (χ2n) is 7.32. The summed E-state index contributed by atoms with van der Waals surface area (Å²) in [6.45, 7) is 2.79. The molecule has 1 saturated heterocycles. The van der Waals surface area contributed by atoms with Crippen molar-refractivity contribution in [3.8, 4) is 11.3 Å². The van der Waals surface area contributed by atoms with Crippen LogP contribution < -0.4 is 4.90 Å². The number of rotatable bonds is 3. The van der Waals surface area contributed by atoms with Gasteiger partial charge in [0.25, 0.3) is 5.91 Å². The molecule has 3 heterocycles. The average Bonchev–Trinajstić information content (AvgIpc) is 2.84. The minimum Gasteiger partial charge on any atom is -0.352 e. The maximum Gasteiger partial charge on any atom is 0.254 e. The van der Waals surface area contributed by atoms with Crippen LogP contribution in [0.3, 0.4) is 0 Å². The summed E-state index contributed by atoms with van der Waals surface area (Å²) in [7, 11) is 0. The smallest absolute Gasteiger partial charge is 0.254 e. The Hall–Kier alpha value is -3.80. The number of nitrogens with zero attached hydrogens (tertiary/aromatic N) is 5. The first-order valence-corrected chi connectivity index (χ1v) is 10.1. The number of carbonyl (C=O) groups is 1. The van der Waals surface area contributed by atoms with Gasteiger partial charge >= 0.3 is 0 Å². The molecule has 1 amide bonds. The van der Waals surface area contributed by atoms with Crippen molar-refractivity contribution in [1.29, 1.82) is 0 Å². The lowest BCUT2D eigenvalue weighted by Gasteiger charge is -2.35. The molecular formula is C24H21N5O. The Labute approximate surface area is 174 Å². The molecule has 0 saturated carbocycles. The third-order valence-electron chi connectivity index (χ3n) is 5.52. The molecule has 0 aliphatic carbocycles. The minimum atomic E-state index is 0.0875. The fourth-order valence-electron chi connectivity index (χ4n) is 3.88. The number of carbonyl (C=O) groups excluding carboxylic acids is 1. The lowest BCUT2D eigenvalue weighted by molar-refractivity contribution is 0.0748. The molecule has 2 aromatic heterocycles.